The van der Waals surface area contributed by atoms with Gasteiger partial charge in [-0.1, -0.05) is 18.2 Å². The largest absolute Gasteiger partial charge is 0.496 e. The number of hydrogen-bond acceptors (Lipinski definition) is 3. The summed E-state index contributed by atoms with van der Waals surface area (Å²) in [6, 6.07) is 7.78. The van der Waals surface area contributed by atoms with Gasteiger partial charge in [-0.25, -0.2) is 0 Å². The van der Waals surface area contributed by atoms with E-state index in [2.05, 4.69) is 6.07 Å². The summed E-state index contributed by atoms with van der Waals surface area (Å²) in [4.78, 5) is 13.7. The zero-order valence-electron chi connectivity index (χ0n) is 12.3. The number of ether oxygens (including phenoxy) is 1. The first-order valence-electron chi connectivity index (χ1n) is 7.28. The monoisotopic (exact) mass is 276 g/mol. The van der Waals surface area contributed by atoms with Gasteiger partial charge < -0.3 is 15.4 Å². The van der Waals surface area contributed by atoms with Gasteiger partial charge in [0.2, 0.25) is 5.91 Å². The molecule has 0 aliphatic carbocycles. The number of nitrogens with two attached hydrogens (primary N) is 1. The highest BCUT2D eigenvalue weighted by atomic mass is 16.5. The summed E-state index contributed by atoms with van der Waals surface area (Å²) in [5.74, 6) is 1.64. The van der Waals surface area contributed by atoms with Crippen LogP contribution >= 0.6 is 0 Å². The van der Waals surface area contributed by atoms with E-state index in [1.54, 1.807) is 14.0 Å². The van der Waals surface area contributed by atoms with Crippen LogP contribution in [0.15, 0.2) is 24.3 Å². The molecule has 0 saturated carbocycles. The fourth-order valence-electron chi connectivity index (χ4n) is 2.83. The van der Waals surface area contributed by atoms with E-state index in [1.807, 2.05) is 23.1 Å². The molecule has 4 nitrogen and oxygen atoms in total. The molecule has 1 amide bonds. The molecule has 0 aromatic heterocycles. The molecule has 1 aliphatic rings. The van der Waals surface area contributed by atoms with Crippen LogP contribution in [0, 0.1) is 5.92 Å². The minimum atomic E-state index is -0.388. The van der Waals surface area contributed by atoms with E-state index >= 15 is 0 Å². The third-order valence-corrected chi connectivity index (χ3v) is 4.02. The number of amides is 1. The molecule has 1 fully saturated rings. The zero-order chi connectivity index (χ0) is 14.5. The first kappa shape index (κ1) is 14.9. The molecule has 0 unspecified atom stereocenters. The predicted molar refractivity (Wildman–Crippen MR) is 79.7 cm³/mol. The molecule has 0 spiro atoms. The number of nitrogens with zero attached hydrogens (tertiary/aromatic N) is 1. The molecule has 110 valence electrons. The van der Waals surface area contributed by atoms with Crippen LogP contribution in [0.5, 0.6) is 5.75 Å². The van der Waals surface area contributed by atoms with Crippen molar-refractivity contribution >= 4 is 5.91 Å². The molecule has 4 heteroatoms. The lowest BCUT2D eigenvalue weighted by molar-refractivity contribution is -0.133. The number of carbonyl (C=O) groups excluding carboxylic acids is 1. The Morgan fingerprint density at radius 2 is 2.05 bits per heavy atom. The topological polar surface area (TPSA) is 55.6 Å². The van der Waals surface area contributed by atoms with Crippen LogP contribution in [0.25, 0.3) is 0 Å². The second kappa shape index (κ2) is 6.75. The maximum Gasteiger partial charge on any atom is 0.239 e. The summed E-state index contributed by atoms with van der Waals surface area (Å²) in [7, 11) is 1.71. The Hall–Kier alpha value is -1.55. The van der Waals surface area contributed by atoms with Crippen molar-refractivity contribution in [3.8, 4) is 5.75 Å². The average Bonchev–Trinajstić information content (AvgIpc) is 2.48. The Kier molecular flexibility index (Phi) is 5.01. The highest BCUT2D eigenvalue weighted by Gasteiger charge is 2.25. The quantitative estimate of drug-likeness (QED) is 0.912. The summed E-state index contributed by atoms with van der Waals surface area (Å²) in [5, 5.41) is 0. The average molecular weight is 276 g/mol. The Labute approximate surface area is 120 Å². The summed E-state index contributed by atoms with van der Waals surface area (Å²) in [6.45, 7) is 3.39. The summed E-state index contributed by atoms with van der Waals surface area (Å²) in [6.07, 6.45) is 3.09. The van der Waals surface area contributed by atoms with Crippen molar-refractivity contribution in [3.63, 3.8) is 0 Å². The van der Waals surface area contributed by atoms with Crippen molar-refractivity contribution in [2.75, 3.05) is 20.2 Å². The van der Waals surface area contributed by atoms with Gasteiger partial charge in [0, 0.05) is 13.1 Å². The van der Waals surface area contributed by atoms with Gasteiger partial charge in [-0.05, 0) is 43.7 Å². The van der Waals surface area contributed by atoms with Gasteiger partial charge in [0.15, 0.2) is 0 Å². The number of likely N-dealkylation sites (tertiary alicyclic amines) is 1. The molecule has 0 radical (unpaired) electrons. The van der Waals surface area contributed by atoms with Gasteiger partial charge in [-0.15, -0.1) is 0 Å². The van der Waals surface area contributed by atoms with Crippen molar-refractivity contribution in [2.24, 2.45) is 11.7 Å². The van der Waals surface area contributed by atoms with E-state index in [9.17, 15) is 4.79 Å². The van der Waals surface area contributed by atoms with E-state index < -0.39 is 0 Å². The molecule has 1 aliphatic heterocycles. The summed E-state index contributed by atoms with van der Waals surface area (Å²) in [5.41, 5.74) is 6.91. The van der Waals surface area contributed by atoms with Gasteiger partial charge in [0.25, 0.3) is 0 Å². The van der Waals surface area contributed by atoms with Gasteiger partial charge >= 0.3 is 0 Å². The number of para-hydroxylation sites is 1. The van der Waals surface area contributed by atoms with Crippen molar-refractivity contribution in [1.29, 1.82) is 0 Å². The van der Waals surface area contributed by atoms with E-state index in [-0.39, 0.29) is 11.9 Å². The van der Waals surface area contributed by atoms with Crippen molar-refractivity contribution in [2.45, 2.75) is 32.2 Å². The molecule has 0 bridgehead atoms. The van der Waals surface area contributed by atoms with Gasteiger partial charge in [0.05, 0.1) is 13.2 Å². The number of benzene rings is 1. The number of carbonyl (C=O) groups is 1. The molecule has 20 heavy (non-hydrogen) atoms. The molecule has 2 rings (SSSR count). The van der Waals surface area contributed by atoms with Gasteiger partial charge in [-0.2, -0.15) is 0 Å². The van der Waals surface area contributed by atoms with Crippen LogP contribution in [0.3, 0.4) is 0 Å². The van der Waals surface area contributed by atoms with E-state index in [0.717, 1.165) is 38.1 Å². The van der Waals surface area contributed by atoms with E-state index in [4.69, 9.17) is 10.5 Å². The maximum atomic E-state index is 11.8. The smallest absolute Gasteiger partial charge is 0.239 e. The van der Waals surface area contributed by atoms with Crippen LogP contribution < -0.4 is 10.5 Å². The number of rotatable bonds is 4. The van der Waals surface area contributed by atoms with Crippen molar-refractivity contribution < 1.29 is 9.53 Å². The summed E-state index contributed by atoms with van der Waals surface area (Å²) >= 11 is 0. The lowest BCUT2D eigenvalue weighted by atomic mass is 9.89. The molecule has 2 N–H and O–H groups in total. The SMILES string of the molecule is COc1ccccc1CC1CCN(C(=O)[C@H](C)N)CC1. The van der Waals surface area contributed by atoms with Crippen LogP contribution in [0.2, 0.25) is 0 Å². The molecule has 1 heterocycles. The molecular formula is C16H24N2O2. The zero-order valence-corrected chi connectivity index (χ0v) is 12.3. The summed E-state index contributed by atoms with van der Waals surface area (Å²) < 4.78 is 5.40. The Bertz CT molecular complexity index is 452. The maximum absolute atomic E-state index is 11.8. The van der Waals surface area contributed by atoms with Gasteiger partial charge in [-0.3, -0.25) is 4.79 Å². The second-order valence-corrected chi connectivity index (χ2v) is 5.57. The second-order valence-electron chi connectivity index (χ2n) is 5.57. The highest BCUT2D eigenvalue weighted by Crippen LogP contribution is 2.26. The fourth-order valence-corrected chi connectivity index (χ4v) is 2.83. The van der Waals surface area contributed by atoms with Crippen LogP contribution in [-0.2, 0) is 11.2 Å². The third kappa shape index (κ3) is 3.51. The Balaban J connectivity index is 1.90. The highest BCUT2D eigenvalue weighted by molar-refractivity contribution is 5.81. The van der Waals surface area contributed by atoms with Gasteiger partial charge in [0.1, 0.15) is 5.75 Å². The minimum Gasteiger partial charge on any atom is -0.496 e. The molecule has 1 aromatic rings. The first-order valence-corrected chi connectivity index (χ1v) is 7.28. The molecule has 1 saturated heterocycles. The fraction of sp³-hybridized carbons (Fsp3) is 0.562. The van der Waals surface area contributed by atoms with Crippen LogP contribution in [0.1, 0.15) is 25.3 Å². The third-order valence-electron chi connectivity index (χ3n) is 4.02. The van der Waals surface area contributed by atoms with Crippen molar-refractivity contribution in [3.05, 3.63) is 29.8 Å². The number of methoxy groups -OCH3 is 1. The van der Waals surface area contributed by atoms with E-state index in [0.29, 0.717) is 5.92 Å². The van der Waals surface area contributed by atoms with E-state index in [1.165, 1.54) is 5.56 Å². The lowest BCUT2D eigenvalue weighted by Gasteiger charge is -2.33. The normalized spacial score (nSPS) is 17.9. The molecule has 1 atom stereocenters. The number of hydrogen-bond donors (Lipinski definition) is 1. The molecule has 1 aromatic carbocycles. The van der Waals surface area contributed by atoms with Crippen LogP contribution in [-0.4, -0.2) is 37.0 Å². The number of piperidine rings is 1. The standard InChI is InChI=1S/C16H24N2O2/c1-12(17)16(19)18-9-7-13(8-10-18)11-14-5-3-4-6-15(14)20-2/h3-6,12-13H,7-11,17H2,1-2H3/t12-/m0/s1. The van der Waals surface area contributed by atoms with Crippen molar-refractivity contribution in [1.82, 2.24) is 4.90 Å². The van der Waals surface area contributed by atoms with Crippen LogP contribution in [0.4, 0.5) is 0 Å². The Morgan fingerprint density at radius 1 is 1.40 bits per heavy atom. The predicted octanol–water partition coefficient (Wildman–Crippen LogP) is 1.82. The lowest BCUT2D eigenvalue weighted by Crippen LogP contribution is -2.46. The molecular weight excluding hydrogens is 252 g/mol. The minimum absolute atomic E-state index is 0.0701. The first-order chi connectivity index (χ1) is 9.61. The Morgan fingerprint density at radius 3 is 2.65 bits per heavy atom.